The van der Waals surface area contributed by atoms with E-state index in [1.165, 1.54) is 11.1 Å². The maximum atomic E-state index is 5.46. The van der Waals surface area contributed by atoms with Gasteiger partial charge in [0.15, 0.2) is 0 Å². The van der Waals surface area contributed by atoms with Gasteiger partial charge in [-0.3, -0.25) is 4.98 Å². The maximum absolute atomic E-state index is 5.46. The van der Waals surface area contributed by atoms with Crippen LogP contribution in [0.15, 0.2) is 34.8 Å². The Balaban J connectivity index is 2.21. The van der Waals surface area contributed by atoms with Gasteiger partial charge in [0.1, 0.15) is 0 Å². The van der Waals surface area contributed by atoms with E-state index in [-0.39, 0.29) is 6.04 Å². The van der Waals surface area contributed by atoms with Crippen molar-refractivity contribution in [3.05, 3.63) is 40.3 Å². The van der Waals surface area contributed by atoms with Gasteiger partial charge < -0.3 is 10.1 Å². The van der Waals surface area contributed by atoms with Crippen molar-refractivity contribution in [2.45, 2.75) is 32.2 Å². The molecule has 1 unspecified atom stereocenters. The Morgan fingerprint density at radius 3 is 3.06 bits per heavy atom. The summed E-state index contributed by atoms with van der Waals surface area (Å²) in [5, 5.41) is 3.57. The topological polar surface area (TPSA) is 34.1 Å². The van der Waals surface area contributed by atoms with Crippen molar-refractivity contribution in [3.63, 3.8) is 0 Å². The molecule has 1 N–H and O–H groups in total. The zero-order valence-corrected chi connectivity index (χ0v) is 12.2. The summed E-state index contributed by atoms with van der Waals surface area (Å²) in [6.07, 6.45) is 8.95. The average Bonchev–Trinajstić information content (AvgIpc) is 2.40. The first-order chi connectivity index (χ1) is 8.81. The van der Waals surface area contributed by atoms with Gasteiger partial charge in [-0.05, 0) is 58.9 Å². The number of hydrogen-bond donors (Lipinski definition) is 1. The minimum absolute atomic E-state index is 0.218. The van der Waals surface area contributed by atoms with Gasteiger partial charge in [0.2, 0.25) is 0 Å². The first kappa shape index (κ1) is 13.6. The second-order valence-corrected chi connectivity index (χ2v) is 5.41. The van der Waals surface area contributed by atoms with Gasteiger partial charge in [-0.2, -0.15) is 0 Å². The third-order valence-corrected chi connectivity index (χ3v) is 3.42. The monoisotopic (exact) mass is 310 g/mol. The summed E-state index contributed by atoms with van der Waals surface area (Å²) >= 11 is 3.48. The molecule has 1 aromatic rings. The molecule has 0 spiro atoms. The summed E-state index contributed by atoms with van der Waals surface area (Å²) in [6, 6.07) is 2.34. The van der Waals surface area contributed by atoms with Crippen molar-refractivity contribution in [1.82, 2.24) is 10.3 Å². The zero-order valence-electron chi connectivity index (χ0n) is 10.7. The van der Waals surface area contributed by atoms with E-state index in [1.54, 1.807) is 0 Å². The lowest BCUT2D eigenvalue weighted by molar-refractivity contribution is 0.219. The molecule has 0 bridgehead atoms. The summed E-state index contributed by atoms with van der Waals surface area (Å²) < 4.78 is 6.48. The van der Waals surface area contributed by atoms with E-state index in [0.29, 0.717) is 0 Å². The molecule has 98 valence electrons. The minimum Gasteiger partial charge on any atom is -0.501 e. The predicted molar refractivity (Wildman–Crippen MR) is 76.2 cm³/mol. The third-order valence-electron chi connectivity index (χ3n) is 2.99. The number of nitrogens with one attached hydrogen (secondary N) is 1. The molecule has 4 heteroatoms. The predicted octanol–water partition coefficient (Wildman–Crippen LogP) is 3.58. The van der Waals surface area contributed by atoms with Crippen LogP contribution in [0.4, 0.5) is 0 Å². The highest BCUT2D eigenvalue weighted by atomic mass is 79.9. The Kier molecular flexibility index (Phi) is 5.20. The molecule has 3 nitrogen and oxygen atoms in total. The number of ether oxygens (including phenoxy) is 1. The first-order valence-electron chi connectivity index (χ1n) is 6.45. The fourth-order valence-corrected chi connectivity index (χ4v) is 2.52. The van der Waals surface area contributed by atoms with Crippen LogP contribution in [0.1, 0.15) is 37.8 Å². The van der Waals surface area contributed by atoms with Crippen LogP contribution in [0.3, 0.4) is 0 Å². The van der Waals surface area contributed by atoms with Crippen molar-refractivity contribution < 1.29 is 4.74 Å². The highest BCUT2D eigenvalue weighted by molar-refractivity contribution is 9.10. The highest BCUT2D eigenvalue weighted by Crippen LogP contribution is 2.28. The standard InChI is InChI=1S/C14H19BrN2O/c1-2-5-17-14(11-4-3-6-18-10-11)12-7-13(15)9-16-8-12/h7-10,14,17H,2-6H2,1H3. The summed E-state index contributed by atoms with van der Waals surface area (Å²) in [5.41, 5.74) is 2.50. The number of nitrogens with zero attached hydrogens (tertiary/aromatic N) is 1. The lowest BCUT2D eigenvalue weighted by Gasteiger charge is -2.24. The molecule has 2 heterocycles. The van der Waals surface area contributed by atoms with Gasteiger partial charge in [-0.25, -0.2) is 0 Å². The summed E-state index contributed by atoms with van der Waals surface area (Å²) in [7, 11) is 0. The van der Waals surface area contributed by atoms with E-state index in [1.807, 2.05) is 18.7 Å². The van der Waals surface area contributed by atoms with E-state index >= 15 is 0 Å². The fraction of sp³-hybridized carbons (Fsp3) is 0.500. The molecule has 2 rings (SSSR count). The first-order valence-corrected chi connectivity index (χ1v) is 7.25. The van der Waals surface area contributed by atoms with Crippen LogP contribution in [0, 0.1) is 0 Å². The van der Waals surface area contributed by atoms with E-state index in [4.69, 9.17) is 4.74 Å². The second-order valence-electron chi connectivity index (χ2n) is 4.49. The fourth-order valence-electron chi connectivity index (χ4n) is 2.13. The Morgan fingerprint density at radius 2 is 2.39 bits per heavy atom. The van der Waals surface area contributed by atoms with Crippen LogP contribution in [0.2, 0.25) is 0 Å². The van der Waals surface area contributed by atoms with Crippen LogP contribution >= 0.6 is 15.9 Å². The van der Waals surface area contributed by atoms with E-state index < -0.39 is 0 Å². The molecule has 0 fully saturated rings. The number of hydrogen-bond acceptors (Lipinski definition) is 3. The third kappa shape index (κ3) is 3.56. The van der Waals surface area contributed by atoms with Gasteiger partial charge in [-0.15, -0.1) is 0 Å². The van der Waals surface area contributed by atoms with Crippen molar-refractivity contribution in [1.29, 1.82) is 0 Å². The average molecular weight is 311 g/mol. The Bertz CT molecular complexity index is 420. The van der Waals surface area contributed by atoms with Crippen LogP contribution in [0.25, 0.3) is 0 Å². The molecule has 0 radical (unpaired) electrons. The molecular weight excluding hydrogens is 292 g/mol. The number of rotatable bonds is 5. The van der Waals surface area contributed by atoms with Crippen LogP contribution < -0.4 is 5.32 Å². The van der Waals surface area contributed by atoms with Crippen molar-refractivity contribution >= 4 is 15.9 Å². The molecule has 1 aliphatic rings. The molecule has 1 atom stereocenters. The molecule has 1 aliphatic heterocycles. The van der Waals surface area contributed by atoms with E-state index in [9.17, 15) is 0 Å². The van der Waals surface area contributed by atoms with E-state index in [0.717, 1.165) is 36.9 Å². The Hall–Kier alpha value is -0.870. The Labute approximate surface area is 117 Å². The minimum atomic E-state index is 0.218. The van der Waals surface area contributed by atoms with Crippen LogP contribution in [-0.4, -0.2) is 18.1 Å². The number of aromatic nitrogens is 1. The maximum Gasteiger partial charge on any atom is 0.0876 e. The largest absolute Gasteiger partial charge is 0.501 e. The van der Waals surface area contributed by atoms with Gasteiger partial charge in [0, 0.05) is 16.9 Å². The molecule has 0 saturated heterocycles. The molecule has 0 aromatic carbocycles. The summed E-state index contributed by atoms with van der Waals surface area (Å²) in [4.78, 5) is 4.25. The van der Waals surface area contributed by atoms with Crippen molar-refractivity contribution in [2.24, 2.45) is 0 Å². The normalized spacial score (nSPS) is 16.9. The van der Waals surface area contributed by atoms with Gasteiger partial charge in [0.05, 0.1) is 18.9 Å². The Morgan fingerprint density at radius 1 is 1.50 bits per heavy atom. The van der Waals surface area contributed by atoms with Crippen LogP contribution in [-0.2, 0) is 4.74 Å². The number of pyridine rings is 1. The molecule has 0 aliphatic carbocycles. The van der Waals surface area contributed by atoms with Gasteiger partial charge in [0.25, 0.3) is 0 Å². The highest BCUT2D eigenvalue weighted by Gasteiger charge is 2.18. The molecular formula is C14H19BrN2O. The number of halogens is 1. The summed E-state index contributed by atoms with van der Waals surface area (Å²) in [6.45, 7) is 4.00. The van der Waals surface area contributed by atoms with Crippen molar-refractivity contribution in [3.8, 4) is 0 Å². The van der Waals surface area contributed by atoms with Crippen molar-refractivity contribution in [2.75, 3.05) is 13.2 Å². The smallest absolute Gasteiger partial charge is 0.0876 e. The lowest BCUT2D eigenvalue weighted by atomic mass is 9.96. The van der Waals surface area contributed by atoms with Crippen LogP contribution in [0.5, 0.6) is 0 Å². The lowest BCUT2D eigenvalue weighted by Crippen LogP contribution is -2.25. The van der Waals surface area contributed by atoms with E-state index in [2.05, 4.69) is 39.2 Å². The molecule has 18 heavy (non-hydrogen) atoms. The van der Waals surface area contributed by atoms with Gasteiger partial charge in [-0.1, -0.05) is 6.92 Å². The second kappa shape index (κ2) is 6.90. The SMILES string of the molecule is CCCNC(C1=COCCC1)c1cncc(Br)c1. The van der Waals surface area contributed by atoms with Gasteiger partial charge >= 0.3 is 0 Å². The molecule has 0 saturated carbocycles. The molecule has 1 aromatic heterocycles. The summed E-state index contributed by atoms with van der Waals surface area (Å²) in [5.74, 6) is 0. The molecule has 0 amide bonds. The quantitative estimate of drug-likeness (QED) is 0.902. The zero-order chi connectivity index (χ0) is 12.8.